The molecule has 0 unspecified atom stereocenters. The number of carbonyl (C=O) groups excluding carboxylic acids is 1. The van der Waals surface area contributed by atoms with E-state index >= 15 is 0 Å². The van der Waals surface area contributed by atoms with Gasteiger partial charge in [-0.25, -0.2) is 0 Å². The maximum Gasteiger partial charge on any atom is 0.166 e. The molecule has 0 amide bonds. The average Bonchev–Trinajstić information content (AvgIpc) is 2.33. The zero-order valence-electron chi connectivity index (χ0n) is 10.7. The Bertz CT molecular complexity index is 417. The molecule has 2 nitrogen and oxygen atoms in total. The third-order valence-electron chi connectivity index (χ3n) is 4.03. The van der Waals surface area contributed by atoms with Gasteiger partial charge in [0.05, 0.1) is 0 Å². The molecule has 1 saturated carbocycles. The van der Waals surface area contributed by atoms with Gasteiger partial charge < -0.3 is 5.73 Å². The minimum Gasteiger partial charge on any atom is -0.398 e. The van der Waals surface area contributed by atoms with E-state index in [1.54, 1.807) is 0 Å². The molecule has 1 aliphatic rings. The lowest BCUT2D eigenvalue weighted by Gasteiger charge is -2.25. The number of Topliss-reactive ketones (excluding diaryl/α,β-unsaturated/α-hetero) is 1. The Morgan fingerprint density at radius 3 is 2.53 bits per heavy atom. The maximum atomic E-state index is 12.4. The quantitative estimate of drug-likeness (QED) is 0.624. The topological polar surface area (TPSA) is 43.1 Å². The number of nitrogens with two attached hydrogens (primary N) is 1. The molecule has 17 heavy (non-hydrogen) atoms. The molecule has 1 aromatic carbocycles. The number of carbonyl (C=O) groups is 1. The first kappa shape index (κ1) is 12.2. The van der Waals surface area contributed by atoms with E-state index in [9.17, 15) is 4.79 Å². The van der Waals surface area contributed by atoms with Gasteiger partial charge in [-0.3, -0.25) is 4.79 Å². The highest BCUT2D eigenvalue weighted by Gasteiger charge is 2.26. The van der Waals surface area contributed by atoms with E-state index in [1.807, 2.05) is 25.1 Å². The van der Waals surface area contributed by atoms with Crippen LogP contribution in [0.1, 0.15) is 48.5 Å². The molecule has 0 spiro atoms. The molecule has 1 aliphatic carbocycles. The lowest BCUT2D eigenvalue weighted by Crippen LogP contribution is -2.21. The molecule has 92 valence electrons. The van der Waals surface area contributed by atoms with Crippen molar-refractivity contribution in [2.24, 2.45) is 11.8 Å². The third-order valence-corrected chi connectivity index (χ3v) is 4.03. The number of hydrogen-bond acceptors (Lipinski definition) is 2. The predicted octanol–water partition coefficient (Wildman–Crippen LogP) is 3.59. The molecule has 0 atom stereocenters. The fourth-order valence-electron chi connectivity index (χ4n) is 2.66. The summed E-state index contributed by atoms with van der Waals surface area (Å²) in [6, 6.07) is 5.64. The Morgan fingerprint density at radius 2 is 1.88 bits per heavy atom. The van der Waals surface area contributed by atoms with Gasteiger partial charge in [-0.15, -0.1) is 0 Å². The van der Waals surface area contributed by atoms with Gasteiger partial charge in [0, 0.05) is 17.2 Å². The van der Waals surface area contributed by atoms with Crippen LogP contribution in [-0.4, -0.2) is 5.78 Å². The van der Waals surface area contributed by atoms with Gasteiger partial charge in [0.2, 0.25) is 0 Å². The number of hydrogen-bond donors (Lipinski definition) is 1. The summed E-state index contributed by atoms with van der Waals surface area (Å²) in [6.45, 7) is 4.21. The number of ketones is 1. The van der Waals surface area contributed by atoms with Crippen molar-refractivity contribution in [1.82, 2.24) is 0 Å². The first-order valence-corrected chi connectivity index (χ1v) is 6.49. The van der Waals surface area contributed by atoms with E-state index in [0.717, 1.165) is 35.6 Å². The smallest absolute Gasteiger partial charge is 0.166 e. The van der Waals surface area contributed by atoms with Crippen molar-refractivity contribution in [3.8, 4) is 0 Å². The van der Waals surface area contributed by atoms with E-state index in [1.165, 1.54) is 12.8 Å². The summed E-state index contributed by atoms with van der Waals surface area (Å²) in [7, 11) is 0. The van der Waals surface area contributed by atoms with Crippen LogP contribution >= 0.6 is 0 Å². The molecule has 1 fully saturated rings. The molecular formula is C15H21NO. The number of rotatable bonds is 2. The summed E-state index contributed by atoms with van der Waals surface area (Å²) < 4.78 is 0. The molecular weight excluding hydrogens is 210 g/mol. The van der Waals surface area contributed by atoms with Crippen molar-refractivity contribution in [3.05, 3.63) is 29.3 Å². The highest BCUT2D eigenvalue weighted by molar-refractivity contribution is 6.00. The van der Waals surface area contributed by atoms with Gasteiger partial charge >= 0.3 is 0 Å². The molecule has 0 heterocycles. The molecule has 2 rings (SSSR count). The first-order valence-electron chi connectivity index (χ1n) is 6.49. The second kappa shape index (κ2) is 4.91. The van der Waals surface area contributed by atoms with E-state index in [2.05, 4.69) is 6.92 Å². The Hall–Kier alpha value is -1.31. The van der Waals surface area contributed by atoms with Crippen molar-refractivity contribution in [2.75, 3.05) is 5.73 Å². The fourth-order valence-corrected chi connectivity index (χ4v) is 2.66. The molecule has 2 heteroatoms. The molecule has 0 aromatic heterocycles. The summed E-state index contributed by atoms with van der Waals surface area (Å²) in [6.07, 6.45) is 4.43. The van der Waals surface area contributed by atoms with Gasteiger partial charge in [-0.05, 0) is 37.3 Å². The van der Waals surface area contributed by atoms with E-state index < -0.39 is 0 Å². The number of benzene rings is 1. The van der Waals surface area contributed by atoms with Crippen molar-refractivity contribution in [3.63, 3.8) is 0 Å². The van der Waals surface area contributed by atoms with E-state index in [-0.39, 0.29) is 5.92 Å². The van der Waals surface area contributed by atoms with Gasteiger partial charge in [-0.1, -0.05) is 31.9 Å². The summed E-state index contributed by atoms with van der Waals surface area (Å²) in [5, 5.41) is 0. The van der Waals surface area contributed by atoms with Crippen molar-refractivity contribution < 1.29 is 4.79 Å². The number of anilines is 1. The van der Waals surface area contributed by atoms with E-state index in [4.69, 9.17) is 5.73 Å². The molecule has 0 saturated heterocycles. The highest BCUT2D eigenvalue weighted by Crippen LogP contribution is 2.31. The Kier molecular flexibility index (Phi) is 3.51. The monoisotopic (exact) mass is 231 g/mol. The second-order valence-electron chi connectivity index (χ2n) is 5.34. The summed E-state index contributed by atoms with van der Waals surface area (Å²) in [5.41, 5.74) is 8.34. The minimum absolute atomic E-state index is 0.215. The Balaban J connectivity index is 2.17. The SMILES string of the molecule is Cc1c(N)cccc1C(=O)C1CCC(C)CC1. The second-order valence-corrected chi connectivity index (χ2v) is 5.34. The van der Waals surface area contributed by atoms with Crippen molar-refractivity contribution >= 4 is 11.5 Å². The van der Waals surface area contributed by atoms with Crippen LogP contribution in [0.5, 0.6) is 0 Å². The minimum atomic E-state index is 0.215. The van der Waals surface area contributed by atoms with Crippen LogP contribution in [0.25, 0.3) is 0 Å². The van der Waals surface area contributed by atoms with Gasteiger partial charge in [0.15, 0.2) is 5.78 Å². The maximum absolute atomic E-state index is 12.4. The van der Waals surface area contributed by atoms with Crippen LogP contribution in [0.2, 0.25) is 0 Å². The van der Waals surface area contributed by atoms with Crippen LogP contribution in [0.15, 0.2) is 18.2 Å². The summed E-state index contributed by atoms with van der Waals surface area (Å²) >= 11 is 0. The van der Waals surface area contributed by atoms with Gasteiger partial charge in [-0.2, -0.15) is 0 Å². The number of nitrogen functional groups attached to an aromatic ring is 1. The van der Waals surface area contributed by atoms with Crippen molar-refractivity contribution in [1.29, 1.82) is 0 Å². The predicted molar refractivity (Wildman–Crippen MR) is 71.0 cm³/mol. The van der Waals surface area contributed by atoms with Crippen LogP contribution < -0.4 is 5.73 Å². The highest BCUT2D eigenvalue weighted by atomic mass is 16.1. The average molecular weight is 231 g/mol. The lowest BCUT2D eigenvalue weighted by molar-refractivity contribution is 0.0875. The molecule has 1 aromatic rings. The van der Waals surface area contributed by atoms with Gasteiger partial charge in [0.25, 0.3) is 0 Å². The standard InChI is InChI=1S/C15H21NO/c1-10-6-8-12(9-7-10)15(17)13-4-3-5-14(16)11(13)2/h3-5,10,12H,6-9,16H2,1-2H3. The van der Waals surface area contributed by atoms with Crippen LogP contribution in [0.4, 0.5) is 5.69 Å². The Morgan fingerprint density at radius 1 is 1.24 bits per heavy atom. The van der Waals surface area contributed by atoms with Crippen molar-refractivity contribution in [2.45, 2.75) is 39.5 Å². The largest absolute Gasteiger partial charge is 0.398 e. The van der Waals surface area contributed by atoms with Crippen LogP contribution in [0, 0.1) is 18.8 Å². The lowest BCUT2D eigenvalue weighted by atomic mass is 9.79. The Labute approximate surface area is 103 Å². The normalized spacial score (nSPS) is 24.6. The molecule has 0 radical (unpaired) electrons. The zero-order valence-corrected chi connectivity index (χ0v) is 10.7. The first-order chi connectivity index (χ1) is 8.09. The van der Waals surface area contributed by atoms with Crippen LogP contribution in [-0.2, 0) is 0 Å². The molecule has 0 aliphatic heterocycles. The zero-order chi connectivity index (χ0) is 12.4. The van der Waals surface area contributed by atoms with Gasteiger partial charge in [0.1, 0.15) is 0 Å². The van der Waals surface area contributed by atoms with E-state index in [0.29, 0.717) is 5.78 Å². The molecule has 0 bridgehead atoms. The summed E-state index contributed by atoms with van der Waals surface area (Å²) in [4.78, 5) is 12.4. The van der Waals surface area contributed by atoms with Crippen LogP contribution in [0.3, 0.4) is 0 Å². The molecule has 2 N–H and O–H groups in total. The fraction of sp³-hybridized carbons (Fsp3) is 0.533. The third kappa shape index (κ3) is 2.51. The summed E-state index contributed by atoms with van der Waals surface area (Å²) in [5.74, 6) is 1.29.